The lowest BCUT2D eigenvalue weighted by Gasteiger charge is -2.31. The van der Waals surface area contributed by atoms with Crippen LogP contribution in [0.25, 0.3) is 0 Å². The fourth-order valence-electron chi connectivity index (χ4n) is 4.14. The number of rotatable bonds is 6. The highest BCUT2D eigenvalue weighted by Crippen LogP contribution is 2.26. The van der Waals surface area contributed by atoms with Gasteiger partial charge in [0.2, 0.25) is 0 Å². The molecule has 1 fully saturated rings. The van der Waals surface area contributed by atoms with Gasteiger partial charge in [0.25, 0.3) is 0 Å². The van der Waals surface area contributed by atoms with Crippen LogP contribution in [0.4, 0.5) is 0 Å². The number of hydrogen-bond acceptors (Lipinski definition) is 4. The second-order valence-corrected chi connectivity index (χ2v) is 7.41. The van der Waals surface area contributed by atoms with E-state index < -0.39 is 0 Å². The van der Waals surface area contributed by atoms with Gasteiger partial charge >= 0.3 is 0 Å². The Hall–Kier alpha value is -1.88. The molecule has 1 unspecified atom stereocenters. The lowest BCUT2D eigenvalue weighted by atomic mass is 9.98. The first-order valence-electron chi connectivity index (χ1n) is 9.66. The molecule has 0 saturated carbocycles. The second kappa shape index (κ2) is 7.56. The molecule has 0 amide bonds. The number of hydrogen-bond donors (Lipinski definition) is 0. The normalized spacial score (nSPS) is 20.6. The van der Waals surface area contributed by atoms with Crippen molar-refractivity contribution >= 4 is 0 Å². The van der Waals surface area contributed by atoms with Crippen LogP contribution >= 0.6 is 0 Å². The quantitative estimate of drug-likeness (QED) is 0.810. The van der Waals surface area contributed by atoms with Gasteiger partial charge in [-0.3, -0.25) is 4.68 Å². The smallest absolute Gasteiger partial charge is 0.134 e. The predicted octanol–water partition coefficient (Wildman–Crippen LogP) is 3.08. The van der Waals surface area contributed by atoms with E-state index in [4.69, 9.17) is 4.74 Å². The Bertz CT molecular complexity index is 711. The van der Waals surface area contributed by atoms with Crippen molar-refractivity contribution in [1.82, 2.24) is 19.9 Å². The minimum absolute atomic E-state index is 0.491. The lowest BCUT2D eigenvalue weighted by Crippen LogP contribution is -2.36. The van der Waals surface area contributed by atoms with Gasteiger partial charge in [-0.05, 0) is 74.4 Å². The molecule has 0 radical (unpaired) electrons. The van der Waals surface area contributed by atoms with Crippen LogP contribution in [0, 0.1) is 5.92 Å². The summed E-state index contributed by atoms with van der Waals surface area (Å²) in [5.41, 5.74) is 3.83. The monoisotopic (exact) mass is 340 g/mol. The number of ether oxygens (including phenoxy) is 1. The first-order valence-corrected chi connectivity index (χ1v) is 9.66. The number of benzene rings is 1. The third-order valence-electron chi connectivity index (χ3n) is 5.54. The number of aromatic nitrogens is 3. The fourth-order valence-corrected chi connectivity index (χ4v) is 4.14. The van der Waals surface area contributed by atoms with E-state index in [1.54, 1.807) is 0 Å². The van der Waals surface area contributed by atoms with Gasteiger partial charge in [0, 0.05) is 13.1 Å². The topological polar surface area (TPSA) is 43.2 Å². The molecule has 5 heteroatoms. The molecule has 0 spiro atoms. The molecule has 2 aromatic rings. The Morgan fingerprint density at radius 3 is 3.04 bits per heavy atom. The van der Waals surface area contributed by atoms with Crippen LogP contribution in [0.3, 0.4) is 0 Å². The molecule has 1 saturated heterocycles. The highest BCUT2D eigenvalue weighted by molar-refractivity contribution is 5.38. The van der Waals surface area contributed by atoms with Gasteiger partial charge in [-0.25, -0.2) is 0 Å². The van der Waals surface area contributed by atoms with E-state index in [1.807, 2.05) is 10.9 Å². The average molecular weight is 340 g/mol. The van der Waals surface area contributed by atoms with Crippen LogP contribution in [0.5, 0.6) is 5.75 Å². The molecule has 0 N–H and O–H groups in total. The molecule has 2 aliphatic rings. The maximum atomic E-state index is 5.93. The summed E-state index contributed by atoms with van der Waals surface area (Å²) in [7, 11) is 0. The molecule has 1 atom stereocenters. The molecule has 2 heterocycles. The van der Waals surface area contributed by atoms with Gasteiger partial charge in [0.05, 0.1) is 6.20 Å². The second-order valence-electron chi connectivity index (χ2n) is 7.41. The minimum atomic E-state index is 0.491. The van der Waals surface area contributed by atoms with Crippen LogP contribution in [-0.4, -0.2) is 39.5 Å². The zero-order chi connectivity index (χ0) is 17.1. The molecular formula is C20H28N4O. The molecule has 0 bridgehead atoms. The molecule has 1 aliphatic carbocycles. The summed E-state index contributed by atoms with van der Waals surface area (Å²) in [6.45, 7) is 7.26. The summed E-state index contributed by atoms with van der Waals surface area (Å²) in [4.78, 5) is 2.53. The molecule has 1 aromatic carbocycles. The zero-order valence-electron chi connectivity index (χ0n) is 15.2. The summed E-state index contributed by atoms with van der Waals surface area (Å²) in [5, 5.41) is 8.58. The van der Waals surface area contributed by atoms with Crippen molar-refractivity contribution in [3.05, 3.63) is 41.2 Å². The van der Waals surface area contributed by atoms with E-state index in [-0.39, 0.29) is 0 Å². The number of nitrogens with zero attached hydrogens (tertiary/aromatic N) is 4. The summed E-state index contributed by atoms with van der Waals surface area (Å²) >= 11 is 0. The van der Waals surface area contributed by atoms with Crippen molar-refractivity contribution in [2.24, 2.45) is 5.92 Å². The van der Waals surface area contributed by atoms with Crippen molar-refractivity contribution in [2.75, 3.05) is 19.6 Å². The summed E-state index contributed by atoms with van der Waals surface area (Å²) in [5.74, 6) is 1.63. The summed E-state index contributed by atoms with van der Waals surface area (Å²) in [6.07, 6.45) is 8.28. The molecule has 5 nitrogen and oxygen atoms in total. The third-order valence-corrected chi connectivity index (χ3v) is 5.54. The Labute approximate surface area is 150 Å². The van der Waals surface area contributed by atoms with Crippen molar-refractivity contribution < 1.29 is 4.74 Å². The van der Waals surface area contributed by atoms with Gasteiger partial charge in [0.1, 0.15) is 18.1 Å². The standard InChI is InChI=1S/C20H28N4O/c1-2-23-10-4-5-16(12-23)13-24-14-19(21-22-24)15-25-20-9-8-17-6-3-7-18(17)11-20/h8-9,11,14,16H,2-7,10,12-13,15H2,1H3. The van der Waals surface area contributed by atoms with Crippen LogP contribution in [0.15, 0.2) is 24.4 Å². The van der Waals surface area contributed by atoms with Gasteiger partial charge in [-0.1, -0.05) is 18.2 Å². The number of likely N-dealkylation sites (tertiary alicyclic amines) is 1. The average Bonchev–Trinajstić information content (AvgIpc) is 3.28. The van der Waals surface area contributed by atoms with E-state index in [0.29, 0.717) is 12.5 Å². The van der Waals surface area contributed by atoms with Crippen LogP contribution in [0.2, 0.25) is 0 Å². The van der Waals surface area contributed by atoms with Crippen LogP contribution in [0.1, 0.15) is 43.0 Å². The highest BCUT2D eigenvalue weighted by atomic mass is 16.5. The van der Waals surface area contributed by atoms with E-state index in [2.05, 4.69) is 40.3 Å². The minimum Gasteiger partial charge on any atom is -0.487 e. The molecule has 1 aliphatic heterocycles. The van der Waals surface area contributed by atoms with Crippen molar-refractivity contribution in [2.45, 2.75) is 52.2 Å². The fraction of sp³-hybridized carbons (Fsp3) is 0.600. The Balaban J connectivity index is 1.31. The zero-order valence-corrected chi connectivity index (χ0v) is 15.2. The third kappa shape index (κ3) is 4.03. The SMILES string of the molecule is CCN1CCCC(Cn2cc(COc3ccc4c(c3)CCC4)nn2)C1. The molecule has 1 aromatic heterocycles. The van der Waals surface area contributed by atoms with Crippen molar-refractivity contribution in [3.63, 3.8) is 0 Å². The number of aryl methyl sites for hydroxylation is 2. The van der Waals surface area contributed by atoms with Gasteiger partial charge < -0.3 is 9.64 Å². The maximum absolute atomic E-state index is 5.93. The number of fused-ring (bicyclic) bond motifs is 1. The van der Waals surface area contributed by atoms with Gasteiger partial charge in [-0.15, -0.1) is 5.10 Å². The molecule has 25 heavy (non-hydrogen) atoms. The predicted molar refractivity (Wildman–Crippen MR) is 97.7 cm³/mol. The Kier molecular flexibility index (Phi) is 5.02. The maximum Gasteiger partial charge on any atom is 0.134 e. The van der Waals surface area contributed by atoms with Crippen molar-refractivity contribution in [1.29, 1.82) is 0 Å². The Morgan fingerprint density at radius 2 is 2.12 bits per heavy atom. The van der Waals surface area contributed by atoms with Crippen LogP contribution < -0.4 is 4.74 Å². The van der Waals surface area contributed by atoms with Crippen LogP contribution in [-0.2, 0) is 26.0 Å². The Morgan fingerprint density at radius 1 is 1.20 bits per heavy atom. The molecule has 4 rings (SSSR count). The first kappa shape index (κ1) is 16.6. The highest BCUT2D eigenvalue weighted by Gasteiger charge is 2.19. The number of piperidine rings is 1. The van der Waals surface area contributed by atoms with E-state index in [9.17, 15) is 0 Å². The molecule has 134 valence electrons. The van der Waals surface area contributed by atoms with Crippen molar-refractivity contribution in [3.8, 4) is 5.75 Å². The summed E-state index contributed by atoms with van der Waals surface area (Å²) in [6, 6.07) is 6.47. The first-order chi connectivity index (χ1) is 12.3. The molecular weight excluding hydrogens is 312 g/mol. The van der Waals surface area contributed by atoms with E-state index in [0.717, 1.165) is 24.5 Å². The van der Waals surface area contributed by atoms with Gasteiger partial charge in [-0.2, -0.15) is 0 Å². The largest absolute Gasteiger partial charge is 0.487 e. The lowest BCUT2D eigenvalue weighted by molar-refractivity contribution is 0.166. The summed E-state index contributed by atoms with van der Waals surface area (Å²) < 4.78 is 7.92. The van der Waals surface area contributed by atoms with Gasteiger partial charge in [0.15, 0.2) is 0 Å². The van der Waals surface area contributed by atoms with E-state index in [1.165, 1.54) is 56.3 Å². The van der Waals surface area contributed by atoms with E-state index >= 15 is 0 Å².